The minimum Gasteiger partial charge on any atom is -0.374 e. The molecule has 0 rings (SSSR count). The van der Waals surface area contributed by atoms with Crippen LogP contribution in [0.1, 0.15) is 60.3 Å². The first-order valence-electron chi connectivity index (χ1n) is 11.7. The summed E-state index contributed by atoms with van der Waals surface area (Å²) in [5.74, 6) is 3.97. The molecule has 2 unspecified atom stereocenters. The highest BCUT2D eigenvalue weighted by atomic mass is 33.7. The molecule has 9 heteroatoms. The van der Waals surface area contributed by atoms with Gasteiger partial charge >= 0.3 is 8.80 Å². The molecular formula is C21H48O3S4Si2. The second-order valence-corrected chi connectivity index (χ2v) is 23.6. The van der Waals surface area contributed by atoms with Crippen LogP contribution in [0.3, 0.4) is 0 Å². The van der Waals surface area contributed by atoms with Crippen molar-refractivity contribution in [1.82, 2.24) is 0 Å². The number of hydrogen-bond acceptors (Lipinski definition) is 7. The van der Waals surface area contributed by atoms with Gasteiger partial charge in [-0.2, -0.15) is 0 Å². The van der Waals surface area contributed by atoms with Gasteiger partial charge in [-0.1, -0.05) is 67.5 Å². The average Bonchev–Trinajstić information content (AvgIpc) is 2.62. The van der Waals surface area contributed by atoms with Crippen molar-refractivity contribution in [1.29, 1.82) is 0 Å². The topological polar surface area (TPSA) is 27.7 Å². The van der Waals surface area contributed by atoms with Gasteiger partial charge in [0.05, 0.1) is 0 Å². The van der Waals surface area contributed by atoms with E-state index in [2.05, 4.69) is 33.5 Å². The van der Waals surface area contributed by atoms with Crippen LogP contribution in [-0.4, -0.2) is 48.2 Å². The van der Waals surface area contributed by atoms with Crippen molar-refractivity contribution >= 4 is 58.1 Å². The maximum Gasteiger partial charge on any atom is 0.501 e. The van der Waals surface area contributed by atoms with Gasteiger partial charge in [0.2, 0.25) is 0 Å². The third-order valence-electron chi connectivity index (χ3n) is 4.63. The molecule has 0 aromatic heterocycles. The van der Waals surface area contributed by atoms with Crippen LogP contribution in [-0.2, 0) is 13.3 Å². The summed E-state index contributed by atoms with van der Waals surface area (Å²) in [4.78, 5) is 0. The molecule has 30 heavy (non-hydrogen) atoms. The van der Waals surface area contributed by atoms with E-state index in [0.29, 0.717) is 25.7 Å². The summed E-state index contributed by atoms with van der Waals surface area (Å²) >= 11 is 0. The van der Waals surface area contributed by atoms with E-state index in [4.69, 9.17) is 13.3 Å². The Bertz CT molecular complexity index is 384. The van der Waals surface area contributed by atoms with E-state index < -0.39 is 16.9 Å². The van der Waals surface area contributed by atoms with Crippen molar-refractivity contribution in [2.24, 2.45) is 11.8 Å². The highest BCUT2D eigenvalue weighted by molar-refractivity contribution is 9.26. The zero-order valence-corrected chi connectivity index (χ0v) is 26.1. The van der Waals surface area contributed by atoms with Gasteiger partial charge in [0.1, 0.15) is 0 Å². The van der Waals surface area contributed by atoms with Crippen LogP contribution >= 0.6 is 41.2 Å². The van der Waals surface area contributed by atoms with Gasteiger partial charge in [-0.05, 0) is 71.5 Å². The van der Waals surface area contributed by atoms with Crippen LogP contribution < -0.4 is 0 Å². The molecule has 0 saturated carbocycles. The summed E-state index contributed by atoms with van der Waals surface area (Å²) in [5.41, 5.74) is 0. The molecule has 182 valence electrons. The predicted octanol–water partition coefficient (Wildman–Crippen LogP) is 8.88. The van der Waals surface area contributed by atoms with Gasteiger partial charge in [-0.3, -0.25) is 0 Å². The first-order chi connectivity index (χ1) is 14.2. The lowest BCUT2D eigenvalue weighted by atomic mass is 10.1. The zero-order chi connectivity index (χ0) is 22.9. The summed E-state index contributed by atoms with van der Waals surface area (Å²) in [6.07, 6.45) is 5.20. The van der Waals surface area contributed by atoms with Gasteiger partial charge in [-0.25, -0.2) is 0 Å². The molecule has 0 aliphatic heterocycles. The molecule has 0 N–H and O–H groups in total. The van der Waals surface area contributed by atoms with Crippen LogP contribution in [0.5, 0.6) is 0 Å². The highest BCUT2D eigenvalue weighted by Gasteiger charge is 2.41. The van der Waals surface area contributed by atoms with E-state index in [1.807, 2.05) is 62.0 Å². The molecule has 0 aliphatic carbocycles. The van der Waals surface area contributed by atoms with Crippen molar-refractivity contribution in [3.63, 3.8) is 0 Å². The predicted molar refractivity (Wildman–Crippen MR) is 150 cm³/mol. The van der Waals surface area contributed by atoms with Crippen LogP contribution in [0, 0.1) is 11.8 Å². The fraction of sp³-hybridized carbons (Fsp3) is 1.00. The molecule has 0 aromatic rings. The van der Waals surface area contributed by atoms with E-state index in [1.54, 1.807) is 0 Å². The summed E-state index contributed by atoms with van der Waals surface area (Å²) in [6, 6.07) is 2.40. The molecular weight excluding hydrogens is 485 g/mol. The first-order valence-corrected chi connectivity index (χ1v) is 22.5. The average molecular weight is 533 g/mol. The van der Waals surface area contributed by atoms with Crippen molar-refractivity contribution in [2.45, 2.75) is 92.0 Å². The molecule has 2 atom stereocenters. The summed E-state index contributed by atoms with van der Waals surface area (Å²) in [5, 5.41) is 0. The Kier molecular flexibility index (Phi) is 20.2. The van der Waals surface area contributed by atoms with Crippen molar-refractivity contribution < 1.29 is 13.3 Å². The molecule has 0 radical (unpaired) electrons. The number of rotatable bonds is 21. The van der Waals surface area contributed by atoms with E-state index in [0.717, 1.165) is 12.0 Å². The fourth-order valence-corrected chi connectivity index (χ4v) is 15.2. The lowest BCUT2D eigenvalue weighted by molar-refractivity contribution is 0.0673. The molecule has 0 amide bonds. The maximum atomic E-state index is 5.99. The smallest absolute Gasteiger partial charge is 0.374 e. The quantitative estimate of drug-likeness (QED) is 0.0827. The van der Waals surface area contributed by atoms with Crippen molar-refractivity contribution in [3.8, 4) is 0 Å². The summed E-state index contributed by atoms with van der Waals surface area (Å²) in [7, 11) is 4.55. The molecule has 0 spiro atoms. The van der Waals surface area contributed by atoms with Gasteiger partial charge < -0.3 is 13.3 Å². The van der Waals surface area contributed by atoms with Crippen molar-refractivity contribution in [2.75, 3.05) is 31.3 Å². The van der Waals surface area contributed by atoms with Gasteiger partial charge in [0.15, 0.2) is 0 Å². The van der Waals surface area contributed by atoms with E-state index in [1.165, 1.54) is 43.2 Å². The SMILES string of the molecule is CCO[Si](CC(C)CCCSSSSCCCC(C)C[Si](C)(C)C)(OCC)OCC. The second kappa shape index (κ2) is 19.1. The van der Waals surface area contributed by atoms with E-state index in [-0.39, 0.29) is 0 Å². The van der Waals surface area contributed by atoms with Crippen LogP contribution in [0.2, 0.25) is 31.7 Å². The first kappa shape index (κ1) is 31.7. The Morgan fingerprint density at radius 1 is 0.667 bits per heavy atom. The third kappa shape index (κ3) is 18.2. The molecule has 0 saturated heterocycles. The lowest BCUT2D eigenvalue weighted by Crippen LogP contribution is -2.47. The molecule has 0 aromatic carbocycles. The molecule has 0 fully saturated rings. The maximum absolute atomic E-state index is 5.99. The van der Waals surface area contributed by atoms with Gasteiger partial charge in [0.25, 0.3) is 0 Å². The minimum absolute atomic E-state index is 0.576. The van der Waals surface area contributed by atoms with Crippen LogP contribution in [0.15, 0.2) is 0 Å². The standard InChI is InChI=1S/C21H48O3S4Si2/c1-9-22-30(23-10-2,24-11-3)19-21(5)15-13-17-26-28-27-25-16-12-14-20(4)18-29(6,7)8/h20-21H,9-19H2,1-8H3. The van der Waals surface area contributed by atoms with Crippen LogP contribution in [0.25, 0.3) is 0 Å². The van der Waals surface area contributed by atoms with E-state index >= 15 is 0 Å². The third-order valence-corrected chi connectivity index (χ3v) is 16.6. The lowest BCUT2D eigenvalue weighted by Gasteiger charge is -2.30. The Hall–Kier alpha value is 1.71. The van der Waals surface area contributed by atoms with Gasteiger partial charge in [-0.15, -0.1) is 0 Å². The normalized spacial score (nSPS) is 14.8. The fourth-order valence-electron chi connectivity index (χ4n) is 3.73. The monoisotopic (exact) mass is 532 g/mol. The summed E-state index contributed by atoms with van der Waals surface area (Å²) < 4.78 is 18.0. The minimum atomic E-state index is -2.49. The largest absolute Gasteiger partial charge is 0.501 e. The Morgan fingerprint density at radius 3 is 1.43 bits per heavy atom. The number of hydrogen-bond donors (Lipinski definition) is 0. The molecule has 0 heterocycles. The van der Waals surface area contributed by atoms with Gasteiger partial charge in [0, 0.05) is 45.4 Å². The Labute approximate surface area is 205 Å². The zero-order valence-electron chi connectivity index (χ0n) is 20.8. The Morgan fingerprint density at radius 2 is 1.07 bits per heavy atom. The second-order valence-electron chi connectivity index (χ2n) is 9.23. The van der Waals surface area contributed by atoms with Crippen molar-refractivity contribution in [3.05, 3.63) is 0 Å². The molecule has 3 nitrogen and oxygen atoms in total. The summed E-state index contributed by atoms with van der Waals surface area (Å²) in [6.45, 7) is 20.3. The molecule has 0 bridgehead atoms. The van der Waals surface area contributed by atoms with E-state index in [9.17, 15) is 0 Å². The van der Waals surface area contributed by atoms with Crippen LogP contribution in [0.4, 0.5) is 0 Å². The highest BCUT2D eigenvalue weighted by Crippen LogP contribution is 2.43. The molecule has 0 aliphatic rings. The Balaban J connectivity index is 3.78.